The zero-order valence-corrected chi connectivity index (χ0v) is 11.0. The number of rotatable bonds is 5. The molecule has 0 saturated carbocycles. The molecule has 0 heterocycles. The Kier molecular flexibility index (Phi) is 4.75. The average Bonchev–Trinajstić information content (AvgIpc) is 2.52. The van der Waals surface area contributed by atoms with Crippen LogP contribution in [0.4, 0.5) is 0 Å². The Hall–Kier alpha value is -2.79. The molecule has 2 rings (SSSR count). The largest absolute Gasteiger partial charge is 0.480 e. The summed E-state index contributed by atoms with van der Waals surface area (Å²) in [5.41, 5.74) is 1.48. The van der Waals surface area contributed by atoms with E-state index in [1.807, 2.05) is 42.5 Å². The van der Waals surface area contributed by atoms with Crippen molar-refractivity contribution in [1.82, 2.24) is 0 Å². The Morgan fingerprint density at radius 2 is 1.80 bits per heavy atom. The van der Waals surface area contributed by atoms with Gasteiger partial charge >= 0.3 is 0 Å². The first-order valence-electron chi connectivity index (χ1n) is 6.24. The predicted molar refractivity (Wildman–Crippen MR) is 80.6 cm³/mol. The Morgan fingerprint density at radius 1 is 1.10 bits per heavy atom. The van der Waals surface area contributed by atoms with Gasteiger partial charge in [-0.15, -0.1) is 6.42 Å². The molecule has 0 aliphatic rings. The van der Waals surface area contributed by atoms with Gasteiger partial charge in [0.1, 0.15) is 12.4 Å². The Labute approximate surface area is 118 Å². The molecule has 20 heavy (non-hydrogen) atoms. The van der Waals surface area contributed by atoms with Gasteiger partial charge in [-0.1, -0.05) is 54.5 Å². The SMILES string of the molecule is C#CCOc1ccccc1C=CC(=O)c1ccccc1. The van der Waals surface area contributed by atoms with Crippen molar-refractivity contribution in [2.24, 2.45) is 0 Å². The van der Waals surface area contributed by atoms with Gasteiger partial charge in [0.15, 0.2) is 5.78 Å². The van der Waals surface area contributed by atoms with Crippen LogP contribution in [-0.2, 0) is 0 Å². The molecule has 0 atom stereocenters. The number of terminal acetylenes is 1. The molecule has 0 saturated heterocycles. The lowest BCUT2D eigenvalue weighted by atomic mass is 10.1. The number of para-hydroxylation sites is 1. The Bertz CT molecular complexity index is 649. The number of allylic oxidation sites excluding steroid dienone is 1. The summed E-state index contributed by atoms with van der Waals surface area (Å²) in [5.74, 6) is 3.05. The highest BCUT2D eigenvalue weighted by molar-refractivity contribution is 6.06. The van der Waals surface area contributed by atoms with Crippen LogP contribution in [0.3, 0.4) is 0 Å². The lowest BCUT2D eigenvalue weighted by molar-refractivity contribution is 0.104. The predicted octanol–water partition coefficient (Wildman–Crippen LogP) is 3.59. The van der Waals surface area contributed by atoms with Crippen LogP contribution in [-0.4, -0.2) is 12.4 Å². The number of hydrogen-bond acceptors (Lipinski definition) is 2. The van der Waals surface area contributed by atoms with Crippen molar-refractivity contribution in [2.75, 3.05) is 6.61 Å². The van der Waals surface area contributed by atoms with Crippen LogP contribution in [0.2, 0.25) is 0 Å². The first-order chi connectivity index (χ1) is 9.81. The maximum absolute atomic E-state index is 12.0. The minimum atomic E-state index is -0.0441. The van der Waals surface area contributed by atoms with Gasteiger partial charge < -0.3 is 4.74 Å². The van der Waals surface area contributed by atoms with Gasteiger partial charge in [-0.2, -0.15) is 0 Å². The molecule has 0 aliphatic carbocycles. The van der Waals surface area contributed by atoms with E-state index in [-0.39, 0.29) is 12.4 Å². The standard InChI is InChI=1S/C18H14O2/c1-2-14-20-18-11-7-6-10-16(18)12-13-17(19)15-8-4-3-5-9-15/h1,3-13H,14H2. The van der Waals surface area contributed by atoms with E-state index in [1.54, 1.807) is 18.2 Å². The molecule has 0 amide bonds. The monoisotopic (exact) mass is 262 g/mol. The minimum Gasteiger partial charge on any atom is -0.480 e. The van der Waals surface area contributed by atoms with Gasteiger partial charge in [-0.3, -0.25) is 4.79 Å². The lowest BCUT2D eigenvalue weighted by Gasteiger charge is -2.05. The number of carbonyl (C=O) groups is 1. The second-order valence-corrected chi connectivity index (χ2v) is 4.09. The van der Waals surface area contributed by atoms with Gasteiger partial charge in [-0.05, 0) is 18.2 Å². The van der Waals surface area contributed by atoms with Gasteiger partial charge in [0.05, 0.1) is 0 Å². The van der Waals surface area contributed by atoms with E-state index in [0.29, 0.717) is 11.3 Å². The summed E-state index contributed by atoms with van der Waals surface area (Å²) < 4.78 is 5.43. The molecular formula is C18H14O2. The van der Waals surface area contributed by atoms with E-state index in [4.69, 9.17) is 11.2 Å². The van der Waals surface area contributed by atoms with Crippen LogP contribution in [0.5, 0.6) is 5.75 Å². The van der Waals surface area contributed by atoms with Crippen molar-refractivity contribution in [2.45, 2.75) is 0 Å². The fourth-order valence-corrected chi connectivity index (χ4v) is 1.73. The summed E-state index contributed by atoms with van der Waals surface area (Å²) in [7, 11) is 0. The van der Waals surface area contributed by atoms with E-state index in [2.05, 4.69) is 5.92 Å². The van der Waals surface area contributed by atoms with Crippen LogP contribution >= 0.6 is 0 Å². The summed E-state index contributed by atoms with van der Waals surface area (Å²) >= 11 is 0. The normalized spacial score (nSPS) is 10.2. The van der Waals surface area contributed by atoms with Gasteiger partial charge in [-0.25, -0.2) is 0 Å². The van der Waals surface area contributed by atoms with Crippen LogP contribution in [0.15, 0.2) is 60.7 Å². The minimum absolute atomic E-state index is 0.0441. The second kappa shape index (κ2) is 6.96. The summed E-state index contributed by atoms with van der Waals surface area (Å²) in [4.78, 5) is 12.0. The fraction of sp³-hybridized carbons (Fsp3) is 0.0556. The highest BCUT2D eigenvalue weighted by Gasteiger charge is 2.02. The topological polar surface area (TPSA) is 26.3 Å². The maximum atomic E-state index is 12.0. The van der Waals surface area contributed by atoms with Crippen molar-refractivity contribution in [3.63, 3.8) is 0 Å². The van der Waals surface area contributed by atoms with E-state index in [1.165, 1.54) is 6.08 Å². The molecule has 0 fully saturated rings. The number of carbonyl (C=O) groups excluding carboxylic acids is 1. The van der Waals surface area contributed by atoms with Crippen molar-refractivity contribution in [3.8, 4) is 18.1 Å². The molecule has 0 radical (unpaired) electrons. The quantitative estimate of drug-likeness (QED) is 0.467. The third-order valence-corrected chi connectivity index (χ3v) is 2.70. The second-order valence-electron chi connectivity index (χ2n) is 4.09. The summed E-state index contributed by atoms with van der Waals surface area (Å²) in [5, 5.41) is 0. The molecular weight excluding hydrogens is 248 g/mol. The van der Waals surface area contributed by atoms with Crippen LogP contribution in [0, 0.1) is 12.3 Å². The molecule has 0 unspecified atom stereocenters. The molecule has 0 aliphatic heterocycles. The summed E-state index contributed by atoms with van der Waals surface area (Å²) in [6.07, 6.45) is 8.45. The molecule has 0 aromatic heterocycles. The number of benzene rings is 2. The first-order valence-corrected chi connectivity index (χ1v) is 6.24. The third kappa shape index (κ3) is 3.60. The zero-order valence-electron chi connectivity index (χ0n) is 11.0. The Balaban J connectivity index is 2.16. The van der Waals surface area contributed by atoms with Crippen molar-refractivity contribution in [1.29, 1.82) is 0 Å². The lowest BCUT2D eigenvalue weighted by Crippen LogP contribution is -1.96. The highest BCUT2D eigenvalue weighted by atomic mass is 16.5. The molecule has 0 N–H and O–H groups in total. The van der Waals surface area contributed by atoms with Crippen LogP contribution < -0.4 is 4.74 Å². The van der Waals surface area contributed by atoms with E-state index in [0.717, 1.165) is 5.56 Å². The first kappa shape index (κ1) is 13.6. The Morgan fingerprint density at radius 3 is 2.55 bits per heavy atom. The summed E-state index contributed by atoms with van der Waals surface area (Å²) in [6, 6.07) is 16.6. The van der Waals surface area contributed by atoms with E-state index < -0.39 is 0 Å². The van der Waals surface area contributed by atoms with Gasteiger partial charge in [0.2, 0.25) is 0 Å². The number of ketones is 1. The zero-order chi connectivity index (χ0) is 14.2. The van der Waals surface area contributed by atoms with Crippen molar-refractivity contribution in [3.05, 3.63) is 71.8 Å². The van der Waals surface area contributed by atoms with E-state index >= 15 is 0 Å². The number of hydrogen-bond donors (Lipinski definition) is 0. The van der Waals surface area contributed by atoms with E-state index in [9.17, 15) is 4.79 Å². The third-order valence-electron chi connectivity index (χ3n) is 2.70. The number of ether oxygens (including phenoxy) is 1. The van der Waals surface area contributed by atoms with Gasteiger partial charge in [0.25, 0.3) is 0 Å². The van der Waals surface area contributed by atoms with Crippen LogP contribution in [0.1, 0.15) is 15.9 Å². The molecule has 2 aromatic rings. The molecule has 0 spiro atoms. The van der Waals surface area contributed by atoms with Crippen molar-refractivity contribution < 1.29 is 9.53 Å². The van der Waals surface area contributed by atoms with Gasteiger partial charge in [0, 0.05) is 11.1 Å². The smallest absolute Gasteiger partial charge is 0.185 e. The maximum Gasteiger partial charge on any atom is 0.185 e. The molecule has 2 heteroatoms. The molecule has 2 aromatic carbocycles. The summed E-state index contributed by atoms with van der Waals surface area (Å²) in [6.45, 7) is 0.206. The molecule has 98 valence electrons. The fourth-order valence-electron chi connectivity index (χ4n) is 1.73. The highest BCUT2D eigenvalue weighted by Crippen LogP contribution is 2.19. The molecule has 0 bridgehead atoms. The van der Waals surface area contributed by atoms with Crippen molar-refractivity contribution >= 4 is 11.9 Å². The average molecular weight is 262 g/mol. The van der Waals surface area contributed by atoms with Crippen LogP contribution in [0.25, 0.3) is 6.08 Å². The molecule has 2 nitrogen and oxygen atoms in total.